The molecule has 2 aromatic rings. The summed E-state index contributed by atoms with van der Waals surface area (Å²) >= 11 is 1.54. The Labute approximate surface area is 146 Å². The van der Waals surface area contributed by atoms with E-state index in [9.17, 15) is 9.18 Å². The van der Waals surface area contributed by atoms with Crippen molar-refractivity contribution in [3.8, 4) is 5.75 Å². The lowest BCUT2D eigenvalue weighted by atomic mass is 10.0. The van der Waals surface area contributed by atoms with E-state index in [2.05, 4.69) is 5.32 Å². The molecule has 0 aliphatic rings. The van der Waals surface area contributed by atoms with Crippen LogP contribution >= 0.6 is 11.8 Å². The summed E-state index contributed by atoms with van der Waals surface area (Å²) in [5.41, 5.74) is 2.09. The van der Waals surface area contributed by atoms with Crippen LogP contribution in [0.1, 0.15) is 30.5 Å². The molecule has 1 amide bonds. The highest BCUT2D eigenvalue weighted by Gasteiger charge is 2.14. The van der Waals surface area contributed by atoms with Gasteiger partial charge in [-0.1, -0.05) is 17.7 Å². The molecule has 0 saturated heterocycles. The van der Waals surface area contributed by atoms with E-state index in [1.165, 1.54) is 23.9 Å². The van der Waals surface area contributed by atoms with Gasteiger partial charge in [0.05, 0.1) is 13.2 Å². The number of methoxy groups -OCH3 is 1. The van der Waals surface area contributed by atoms with Gasteiger partial charge in [-0.2, -0.15) is 0 Å². The fraction of sp³-hybridized carbons (Fsp3) is 0.316. The van der Waals surface area contributed by atoms with Crippen LogP contribution in [-0.4, -0.2) is 18.8 Å². The van der Waals surface area contributed by atoms with Crippen LogP contribution in [0.5, 0.6) is 5.75 Å². The standard InChI is InChI=1S/C19H22FNO2S/c1-13-4-9-18(23-3)17(12-13)14(2)21-19(22)10-11-24-16-7-5-15(20)6-8-16/h4-9,12,14H,10-11H2,1-3H3,(H,21,22)/t14-/m1/s1. The Morgan fingerprint density at radius 2 is 1.96 bits per heavy atom. The molecule has 0 saturated carbocycles. The van der Waals surface area contributed by atoms with Crippen molar-refractivity contribution in [1.29, 1.82) is 0 Å². The van der Waals surface area contributed by atoms with Crippen molar-refractivity contribution in [3.05, 3.63) is 59.4 Å². The Kier molecular flexibility index (Phi) is 6.67. The number of benzene rings is 2. The van der Waals surface area contributed by atoms with E-state index in [4.69, 9.17) is 4.74 Å². The van der Waals surface area contributed by atoms with E-state index < -0.39 is 0 Å². The summed E-state index contributed by atoms with van der Waals surface area (Å²) in [4.78, 5) is 13.1. The van der Waals surface area contributed by atoms with Crippen LogP contribution in [0, 0.1) is 12.7 Å². The number of aryl methyl sites for hydroxylation is 1. The number of thioether (sulfide) groups is 1. The second-order valence-corrected chi connectivity index (χ2v) is 6.76. The predicted octanol–water partition coefficient (Wildman–Crippen LogP) is 4.50. The van der Waals surface area contributed by atoms with Crippen LogP contribution in [0.25, 0.3) is 0 Å². The monoisotopic (exact) mass is 347 g/mol. The van der Waals surface area contributed by atoms with Crippen molar-refractivity contribution >= 4 is 17.7 Å². The number of carbonyl (C=O) groups is 1. The van der Waals surface area contributed by atoms with Gasteiger partial charge in [0.2, 0.25) is 5.91 Å². The Balaban J connectivity index is 1.85. The lowest BCUT2D eigenvalue weighted by Crippen LogP contribution is -2.27. The fourth-order valence-electron chi connectivity index (χ4n) is 2.38. The Morgan fingerprint density at radius 1 is 1.25 bits per heavy atom. The van der Waals surface area contributed by atoms with E-state index in [-0.39, 0.29) is 17.8 Å². The van der Waals surface area contributed by atoms with Gasteiger partial charge < -0.3 is 10.1 Å². The molecule has 2 rings (SSSR count). The van der Waals surface area contributed by atoms with Gasteiger partial charge in [0.25, 0.3) is 0 Å². The van der Waals surface area contributed by atoms with Crippen molar-refractivity contribution < 1.29 is 13.9 Å². The van der Waals surface area contributed by atoms with E-state index in [0.717, 1.165) is 21.8 Å². The second kappa shape index (κ2) is 8.73. The minimum atomic E-state index is -0.252. The number of carbonyl (C=O) groups excluding carboxylic acids is 1. The molecule has 1 N–H and O–H groups in total. The quantitative estimate of drug-likeness (QED) is 0.749. The molecule has 1 atom stereocenters. The van der Waals surface area contributed by atoms with E-state index >= 15 is 0 Å². The molecule has 128 valence electrons. The zero-order valence-electron chi connectivity index (χ0n) is 14.1. The highest BCUT2D eigenvalue weighted by molar-refractivity contribution is 7.99. The number of amides is 1. The minimum Gasteiger partial charge on any atom is -0.496 e. The fourth-order valence-corrected chi connectivity index (χ4v) is 3.23. The minimum absolute atomic E-state index is 0.0133. The van der Waals surface area contributed by atoms with Crippen molar-refractivity contribution in [2.24, 2.45) is 0 Å². The number of rotatable bonds is 7. The summed E-state index contributed by atoms with van der Waals surface area (Å²) in [5.74, 6) is 1.16. The van der Waals surface area contributed by atoms with Crippen molar-refractivity contribution in [2.75, 3.05) is 12.9 Å². The molecule has 0 aliphatic heterocycles. The Bertz CT molecular complexity index is 688. The van der Waals surface area contributed by atoms with Gasteiger partial charge >= 0.3 is 0 Å². The zero-order valence-corrected chi connectivity index (χ0v) is 15.0. The third-order valence-corrected chi connectivity index (χ3v) is 4.65. The highest BCUT2D eigenvalue weighted by Crippen LogP contribution is 2.26. The number of ether oxygens (including phenoxy) is 1. The summed E-state index contributed by atoms with van der Waals surface area (Å²) < 4.78 is 18.2. The lowest BCUT2D eigenvalue weighted by molar-refractivity contribution is -0.121. The van der Waals surface area contributed by atoms with Gasteiger partial charge in [-0.25, -0.2) is 4.39 Å². The van der Waals surface area contributed by atoms with E-state index in [0.29, 0.717) is 12.2 Å². The van der Waals surface area contributed by atoms with Gasteiger partial charge in [-0.3, -0.25) is 4.79 Å². The number of halogens is 1. The van der Waals surface area contributed by atoms with Crippen LogP contribution in [-0.2, 0) is 4.79 Å². The summed E-state index contributed by atoms with van der Waals surface area (Å²) in [6, 6.07) is 12.1. The first-order valence-electron chi connectivity index (χ1n) is 7.82. The first-order chi connectivity index (χ1) is 11.5. The summed E-state index contributed by atoms with van der Waals surface area (Å²) in [5, 5.41) is 3.00. The molecular formula is C19H22FNO2S. The average Bonchev–Trinajstić information content (AvgIpc) is 2.56. The largest absolute Gasteiger partial charge is 0.496 e. The third kappa shape index (κ3) is 5.27. The van der Waals surface area contributed by atoms with Gasteiger partial charge in [0.1, 0.15) is 11.6 Å². The number of nitrogens with one attached hydrogen (secondary N) is 1. The average molecular weight is 347 g/mol. The maximum Gasteiger partial charge on any atom is 0.221 e. The number of hydrogen-bond donors (Lipinski definition) is 1. The van der Waals surface area contributed by atoms with Crippen LogP contribution in [0.4, 0.5) is 4.39 Å². The Morgan fingerprint density at radius 3 is 2.62 bits per heavy atom. The maximum absolute atomic E-state index is 12.8. The molecule has 2 aromatic carbocycles. The van der Waals surface area contributed by atoms with Crippen LogP contribution < -0.4 is 10.1 Å². The molecule has 0 unspecified atom stereocenters. The third-order valence-electron chi connectivity index (χ3n) is 3.64. The summed E-state index contributed by atoms with van der Waals surface area (Å²) in [7, 11) is 1.63. The topological polar surface area (TPSA) is 38.3 Å². The molecule has 0 aromatic heterocycles. The molecule has 3 nitrogen and oxygen atoms in total. The first-order valence-corrected chi connectivity index (χ1v) is 8.80. The van der Waals surface area contributed by atoms with Crippen molar-refractivity contribution in [1.82, 2.24) is 5.32 Å². The molecule has 0 radical (unpaired) electrons. The molecule has 5 heteroatoms. The summed E-state index contributed by atoms with van der Waals surface area (Å²) in [6.45, 7) is 3.96. The highest BCUT2D eigenvalue weighted by atomic mass is 32.2. The van der Waals surface area contributed by atoms with Gasteiger partial charge in [-0.15, -0.1) is 11.8 Å². The molecule has 0 bridgehead atoms. The number of hydrogen-bond acceptors (Lipinski definition) is 3. The first kappa shape index (κ1) is 18.3. The Hall–Kier alpha value is -2.01. The normalized spacial score (nSPS) is 11.8. The molecule has 0 aliphatic carbocycles. The van der Waals surface area contributed by atoms with E-state index in [1.807, 2.05) is 32.0 Å². The summed E-state index contributed by atoms with van der Waals surface area (Å²) in [6.07, 6.45) is 0.403. The maximum atomic E-state index is 12.8. The molecule has 0 spiro atoms. The van der Waals surface area contributed by atoms with Crippen molar-refractivity contribution in [2.45, 2.75) is 31.2 Å². The predicted molar refractivity (Wildman–Crippen MR) is 96.0 cm³/mol. The second-order valence-electron chi connectivity index (χ2n) is 5.59. The molecule has 24 heavy (non-hydrogen) atoms. The van der Waals surface area contributed by atoms with Gasteiger partial charge in [0, 0.05) is 22.6 Å². The van der Waals surface area contributed by atoms with Gasteiger partial charge in [-0.05, 0) is 44.2 Å². The lowest BCUT2D eigenvalue weighted by Gasteiger charge is -2.18. The zero-order chi connectivity index (χ0) is 17.5. The van der Waals surface area contributed by atoms with E-state index in [1.54, 1.807) is 19.2 Å². The molecular weight excluding hydrogens is 325 g/mol. The van der Waals surface area contributed by atoms with Crippen LogP contribution in [0.3, 0.4) is 0 Å². The molecule has 0 heterocycles. The molecule has 0 fully saturated rings. The smallest absolute Gasteiger partial charge is 0.221 e. The SMILES string of the molecule is COc1ccc(C)cc1[C@@H](C)NC(=O)CCSc1ccc(F)cc1. The van der Waals surface area contributed by atoms with Crippen LogP contribution in [0.2, 0.25) is 0 Å². The van der Waals surface area contributed by atoms with Crippen molar-refractivity contribution in [3.63, 3.8) is 0 Å². The van der Waals surface area contributed by atoms with Crippen LogP contribution in [0.15, 0.2) is 47.4 Å². The van der Waals surface area contributed by atoms with Gasteiger partial charge in [0.15, 0.2) is 0 Å².